The maximum absolute atomic E-state index is 2.32. The van der Waals surface area contributed by atoms with Crippen LogP contribution in [0.4, 0.5) is 0 Å². The highest BCUT2D eigenvalue weighted by atomic mass is 14.1. The summed E-state index contributed by atoms with van der Waals surface area (Å²) < 4.78 is 0. The SMILES string of the molecule is C/C=C\C(=C/CC)c1cc(CC)ccc1C. The van der Waals surface area contributed by atoms with Crippen LogP contribution in [0.2, 0.25) is 0 Å². The Morgan fingerprint density at radius 1 is 1.25 bits per heavy atom. The topological polar surface area (TPSA) is 0 Å². The lowest BCUT2D eigenvalue weighted by atomic mass is 9.96. The Morgan fingerprint density at radius 2 is 2.00 bits per heavy atom. The van der Waals surface area contributed by atoms with Crippen LogP contribution < -0.4 is 0 Å². The van der Waals surface area contributed by atoms with Crippen LogP contribution >= 0.6 is 0 Å². The zero-order valence-electron chi connectivity index (χ0n) is 10.9. The van der Waals surface area contributed by atoms with Crippen molar-refractivity contribution in [1.82, 2.24) is 0 Å². The number of aryl methyl sites for hydroxylation is 2. The van der Waals surface area contributed by atoms with E-state index in [9.17, 15) is 0 Å². The second-order valence-corrected chi connectivity index (χ2v) is 4.07. The van der Waals surface area contributed by atoms with E-state index >= 15 is 0 Å². The first-order chi connectivity index (χ1) is 7.72. The van der Waals surface area contributed by atoms with Crippen LogP contribution in [-0.2, 0) is 6.42 Å². The molecule has 1 rings (SSSR count). The average Bonchev–Trinajstić information content (AvgIpc) is 2.29. The van der Waals surface area contributed by atoms with Crippen molar-refractivity contribution in [3.8, 4) is 0 Å². The van der Waals surface area contributed by atoms with E-state index in [1.54, 1.807) is 0 Å². The van der Waals surface area contributed by atoms with E-state index in [-0.39, 0.29) is 0 Å². The van der Waals surface area contributed by atoms with Crippen molar-refractivity contribution in [3.05, 3.63) is 53.1 Å². The summed E-state index contributed by atoms with van der Waals surface area (Å²) in [4.78, 5) is 0. The molecule has 86 valence electrons. The van der Waals surface area contributed by atoms with Crippen molar-refractivity contribution in [2.75, 3.05) is 0 Å². The summed E-state index contributed by atoms with van der Waals surface area (Å²) in [5.74, 6) is 0. The largest absolute Gasteiger partial charge is 0.0871 e. The third kappa shape index (κ3) is 3.10. The molecule has 0 N–H and O–H groups in total. The van der Waals surface area contributed by atoms with Gasteiger partial charge in [-0.2, -0.15) is 0 Å². The monoisotopic (exact) mass is 214 g/mol. The smallest absolute Gasteiger partial charge is 0.0155 e. The highest BCUT2D eigenvalue weighted by molar-refractivity contribution is 5.76. The van der Waals surface area contributed by atoms with E-state index in [4.69, 9.17) is 0 Å². The molecule has 0 saturated carbocycles. The lowest BCUT2D eigenvalue weighted by molar-refractivity contribution is 1.13. The maximum Gasteiger partial charge on any atom is -0.0155 e. The van der Waals surface area contributed by atoms with Gasteiger partial charge in [-0.05, 0) is 49.0 Å². The molecule has 0 amide bonds. The van der Waals surface area contributed by atoms with Gasteiger partial charge in [-0.25, -0.2) is 0 Å². The Hall–Kier alpha value is -1.30. The predicted octanol–water partition coefficient (Wildman–Crippen LogP) is 4.93. The minimum Gasteiger partial charge on any atom is -0.0871 e. The van der Waals surface area contributed by atoms with Crippen LogP contribution in [-0.4, -0.2) is 0 Å². The van der Waals surface area contributed by atoms with Gasteiger partial charge in [-0.1, -0.05) is 50.3 Å². The summed E-state index contributed by atoms with van der Waals surface area (Å²) in [7, 11) is 0. The normalized spacial score (nSPS) is 12.4. The van der Waals surface area contributed by atoms with Gasteiger partial charge < -0.3 is 0 Å². The molecule has 16 heavy (non-hydrogen) atoms. The van der Waals surface area contributed by atoms with Crippen molar-refractivity contribution in [3.63, 3.8) is 0 Å². The Bertz CT molecular complexity index is 394. The van der Waals surface area contributed by atoms with Crippen molar-refractivity contribution in [2.24, 2.45) is 0 Å². The van der Waals surface area contributed by atoms with E-state index in [1.165, 1.54) is 22.3 Å². The highest BCUT2D eigenvalue weighted by Gasteiger charge is 2.02. The second kappa shape index (κ2) is 6.32. The Morgan fingerprint density at radius 3 is 2.56 bits per heavy atom. The summed E-state index contributed by atoms with van der Waals surface area (Å²) in [6.45, 7) is 8.64. The third-order valence-corrected chi connectivity index (χ3v) is 2.79. The zero-order chi connectivity index (χ0) is 12.0. The molecule has 0 saturated heterocycles. The molecule has 0 radical (unpaired) electrons. The summed E-state index contributed by atoms with van der Waals surface area (Å²) in [5, 5.41) is 0. The lowest BCUT2D eigenvalue weighted by Gasteiger charge is -2.09. The quantitative estimate of drug-likeness (QED) is 0.624. The minimum atomic E-state index is 1.08. The standard InChI is InChI=1S/C16H22/c1-5-8-15(9-6-2)16-12-14(7-3)11-10-13(16)4/h5,8-12H,6-7H2,1-4H3/b8-5-,15-9+. The lowest BCUT2D eigenvalue weighted by Crippen LogP contribution is -1.90. The summed E-state index contributed by atoms with van der Waals surface area (Å²) in [6, 6.07) is 6.76. The molecule has 0 aliphatic carbocycles. The van der Waals surface area contributed by atoms with Gasteiger partial charge in [0.2, 0.25) is 0 Å². The van der Waals surface area contributed by atoms with E-state index in [1.807, 2.05) is 0 Å². The van der Waals surface area contributed by atoms with Gasteiger partial charge in [0, 0.05) is 0 Å². The molecule has 0 aliphatic rings. The minimum absolute atomic E-state index is 1.08. The molecule has 0 aromatic heterocycles. The molecule has 0 nitrogen and oxygen atoms in total. The van der Waals surface area contributed by atoms with Crippen LogP contribution in [0, 0.1) is 6.92 Å². The number of hydrogen-bond acceptors (Lipinski definition) is 0. The van der Waals surface area contributed by atoms with Crippen LogP contribution in [0.5, 0.6) is 0 Å². The van der Waals surface area contributed by atoms with Gasteiger partial charge in [0.1, 0.15) is 0 Å². The predicted molar refractivity (Wildman–Crippen MR) is 73.6 cm³/mol. The first-order valence-electron chi connectivity index (χ1n) is 6.15. The van der Waals surface area contributed by atoms with Crippen molar-refractivity contribution in [1.29, 1.82) is 0 Å². The first-order valence-corrected chi connectivity index (χ1v) is 6.15. The van der Waals surface area contributed by atoms with E-state index < -0.39 is 0 Å². The summed E-state index contributed by atoms with van der Waals surface area (Å²) in [5.41, 5.74) is 5.49. The van der Waals surface area contributed by atoms with Crippen molar-refractivity contribution < 1.29 is 0 Å². The molecule has 0 aliphatic heterocycles. The molecule has 0 atom stereocenters. The fourth-order valence-corrected chi connectivity index (χ4v) is 1.87. The zero-order valence-corrected chi connectivity index (χ0v) is 10.9. The molecule has 1 aromatic rings. The third-order valence-electron chi connectivity index (χ3n) is 2.79. The Balaban J connectivity index is 3.22. The van der Waals surface area contributed by atoms with Crippen LogP contribution in [0.15, 0.2) is 36.4 Å². The van der Waals surface area contributed by atoms with E-state index in [0.29, 0.717) is 0 Å². The van der Waals surface area contributed by atoms with Gasteiger partial charge in [-0.3, -0.25) is 0 Å². The van der Waals surface area contributed by atoms with E-state index in [0.717, 1.165) is 12.8 Å². The molecule has 0 bridgehead atoms. The highest BCUT2D eigenvalue weighted by Crippen LogP contribution is 2.22. The van der Waals surface area contributed by atoms with Crippen LogP contribution in [0.1, 0.15) is 43.9 Å². The number of rotatable bonds is 4. The van der Waals surface area contributed by atoms with Crippen LogP contribution in [0.3, 0.4) is 0 Å². The molecule has 0 heterocycles. The Kier molecular flexibility index (Phi) is 5.04. The summed E-state index contributed by atoms with van der Waals surface area (Å²) in [6.07, 6.45) is 8.78. The Labute approximate surface area is 99.7 Å². The number of allylic oxidation sites excluding steroid dienone is 4. The maximum atomic E-state index is 2.32. The first kappa shape index (κ1) is 12.8. The molecule has 0 fully saturated rings. The van der Waals surface area contributed by atoms with Gasteiger partial charge >= 0.3 is 0 Å². The molecular formula is C16H22. The fraction of sp³-hybridized carbons (Fsp3) is 0.375. The molecule has 0 spiro atoms. The van der Waals surface area contributed by atoms with Crippen molar-refractivity contribution in [2.45, 2.75) is 40.5 Å². The van der Waals surface area contributed by atoms with Crippen molar-refractivity contribution >= 4 is 5.57 Å². The fourth-order valence-electron chi connectivity index (χ4n) is 1.87. The molecule has 0 unspecified atom stereocenters. The van der Waals surface area contributed by atoms with E-state index in [2.05, 4.69) is 64.1 Å². The summed E-state index contributed by atoms with van der Waals surface area (Å²) >= 11 is 0. The van der Waals surface area contributed by atoms with Gasteiger partial charge in [0.15, 0.2) is 0 Å². The molecule has 1 aromatic carbocycles. The van der Waals surface area contributed by atoms with Gasteiger partial charge in [0.25, 0.3) is 0 Å². The van der Waals surface area contributed by atoms with Crippen LogP contribution in [0.25, 0.3) is 5.57 Å². The average molecular weight is 214 g/mol. The second-order valence-electron chi connectivity index (χ2n) is 4.07. The number of benzene rings is 1. The molecular weight excluding hydrogens is 192 g/mol. The number of hydrogen-bond donors (Lipinski definition) is 0. The van der Waals surface area contributed by atoms with Gasteiger partial charge in [0.05, 0.1) is 0 Å². The van der Waals surface area contributed by atoms with Gasteiger partial charge in [-0.15, -0.1) is 0 Å². The molecule has 0 heteroatoms.